The first-order valence-corrected chi connectivity index (χ1v) is 7.14. The molecule has 0 aliphatic carbocycles. The van der Waals surface area contributed by atoms with Crippen LogP contribution in [0.5, 0.6) is 0 Å². The van der Waals surface area contributed by atoms with Gasteiger partial charge in [0, 0.05) is 30.7 Å². The van der Waals surface area contributed by atoms with Crippen LogP contribution >= 0.6 is 11.8 Å². The summed E-state index contributed by atoms with van der Waals surface area (Å²) in [5.41, 5.74) is 0. The lowest BCUT2D eigenvalue weighted by molar-refractivity contribution is -0.129. The predicted molar refractivity (Wildman–Crippen MR) is 74.3 cm³/mol. The van der Waals surface area contributed by atoms with E-state index in [1.807, 2.05) is 30.1 Å². The van der Waals surface area contributed by atoms with Crippen LogP contribution in [-0.2, 0) is 4.79 Å². The number of carbonyl (C=O) groups excluding carboxylic acids is 1. The SMILES string of the molecule is CCCCN(C)C(=O)CCSc1ccccc1. The maximum absolute atomic E-state index is 11.8. The first-order chi connectivity index (χ1) is 8.24. The molecule has 0 aromatic heterocycles. The number of rotatable bonds is 7. The standard InChI is InChI=1S/C14H21NOS/c1-3-4-11-15(2)14(16)10-12-17-13-8-6-5-7-9-13/h5-9H,3-4,10-12H2,1-2H3. The maximum atomic E-state index is 11.8. The number of unbranched alkanes of at least 4 members (excludes halogenated alkanes) is 1. The van der Waals surface area contributed by atoms with Crippen LogP contribution in [0, 0.1) is 0 Å². The molecule has 94 valence electrons. The summed E-state index contributed by atoms with van der Waals surface area (Å²) >= 11 is 1.74. The van der Waals surface area contributed by atoms with Crippen LogP contribution in [0.3, 0.4) is 0 Å². The Balaban J connectivity index is 2.20. The fraction of sp³-hybridized carbons (Fsp3) is 0.500. The average Bonchev–Trinajstić information content (AvgIpc) is 2.37. The van der Waals surface area contributed by atoms with Gasteiger partial charge in [-0.3, -0.25) is 4.79 Å². The fourth-order valence-corrected chi connectivity index (χ4v) is 2.35. The van der Waals surface area contributed by atoms with Gasteiger partial charge in [-0.2, -0.15) is 0 Å². The number of thioether (sulfide) groups is 1. The number of hydrogen-bond acceptors (Lipinski definition) is 2. The second-order valence-corrected chi connectivity index (χ2v) is 5.25. The van der Waals surface area contributed by atoms with Crippen LogP contribution in [0.4, 0.5) is 0 Å². The van der Waals surface area contributed by atoms with Crippen molar-refractivity contribution in [2.24, 2.45) is 0 Å². The molecule has 0 unspecified atom stereocenters. The maximum Gasteiger partial charge on any atom is 0.223 e. The third-order valence-electron chi connectivity index (χ3n) is 2.60. The van der Waals surface area contributed by atoms with Gasteiger partial charge in [0.25, 0.3) is 0 Å². The van der Waals surface area contributed by atoms with Crippen molar-refractivity contribution in [2.45, 2.75) is 31.1 Å². The topological polar surface area (TPSA) is 20.3 Å². The minimum Gasteiger partial charge on any atom is -0.346 e. The molecule has 2 nitrogen and oxygen atoms in total. The van der Waals surface area contributed by atoms with E-state index in [1.165, 1.54) is 4.90 Å². The fourth-order valence-electron chi connectivity index (χ4n) is 1.48. The number of nitrogens with zero attached hydrogens (tertiary/aromatic N) is 1. The molecular formula is C14H21NOS. The van der Waals surface area contributed by atoms with Gasteiger partial charge in [-0.15, -0.1) is 11.8 Å². The highest BCUT2D eigenvalue weighted by Crippen LogP contribution is 2.17. The van der Waals surface area contributed by atoms with E-state index in [-0.39, 0.29) is 5.91 Å². The van der Waals surface area contributed by atoms with Crippen molar-refractivity contribution in [3.63, 3.8) is 0 Å². The van der Waals surface area contributed by atoms with E-state index >= 15 is 0 Å². The van der Waals surface area contributed by atoms with Crippen molar-refractivity contribution in [2.75, 3.05) is 19.3 Å². The lowest BCUT2D eigenvalue weighted by Gasteiger charge is -2.16. The molecule has 0 N–H and O–H groups in total. The van der Waals surface area contributed by atoms with Gasteiger partial charge in [0.2, 0.25) is 5.91 Å². The highest BCUT2D eigenvalue weighted by atomic mass is 32.2. The molecule has 1 amide bonds. The van der Waals surface area contributed by atoms with E-state index in [0.717, 1.165) is 25.1 Å². The lowest BCUT2D eigenvalue weighted by Crippen LogP contribution is -2.27. The number of amides is 1. The normalized spacial score (nSPS) is 10.2. The molecule has 1 aromatic rings. The van der Waals surface area contributed by atoms with Crippen molar-refractivity contribution in [1.82, 2.24) is 4.90 Å². The molecular weight excluding hydrogens is 230 g/mol. The molecule has 0 radical (unpaired) electrons. The minimum atomic E-state index is 0.252. The van der Waals surface area contributed by atoms with Crippen LogP contribution < -0.4 is 0 Å². The van der Waals surface area contributed by atoms with Crippen LogP contribution in [0.25, 0.3) is 0 Å². The molecule has 0 bridgehead atoms. The smallest absolute Gasteiger partial charge is 0.223 e. The van der Waals surface area contributed by atoms with Gasteiger partial charge in [0.1, 0.15) is 0 Å². The lowest BCUT2D eigenvalue weighted by atomic mass is 10.3. The molecule has 0 aliphatic rings. The van der Waals surface area contributed by atoms with Gasteiger partial charge in [-0.1, -0.05) is 31.5 Å². The van der Waals surface area contributed by atoms with Crippen LogP contribution in [0.15, 0.2) is 35.2 Å². The van der Waals surface area contributed by atoms with Gasteiger partial charge in [0.15, 0.2) is 0 Å². The molecule has 1 rings (SSSR count). The molecule has 0 fully saturated rings. The molecule has 0 spiro atoms. The van der Waals surface area contributed by atoms with Gasteiger partial charge in [-0.25, -0.2) is 0 Å². The van der Waals surface area contributed by atoms with Crippen molar-refractivity contribution in [3.05, 3.63) is 30.3 Å². The summed E-state index contributed by atoms with van der Waals surface area (Å²) in [7, 11) is 1.89. The molecule has 0 aliphatic heterocycles. The molecule has 0 atom stereocenters. The molecule has 1 aromatic carbocycles. The first kappa shape index (κ1) is 14.1. The first-order valence-electron chi connectivity index (χ1n) is 6.16. The summed E-state index contributed by atoms with van der Waals surface area (Å²) in [6.45, 7) is 3.02. The zero-order valence-corrected chi connectivity index (χ0v) is 11.5. The van der Waals surface area contributed by atoms with E-state index in [0.29, 0.717) is 6.42 Å². The Morgan fingerprint density at radius 2 is 2.00 bits per heavy atom. The summed E-state index contributed by atoms with van der Waals surface area (Å²) in [5, 5.41) is 0. The van der Waals surface area contributed by atoms with Crippen LogP contribution in [0.1, 0.15) is 26.2 Å². The van der Waals surface area contributed by atoms with Crippen LogP contribution in [0.2, 0.25) is 0 Å². The van der Waals surface area contributed by atoms with E-state index < -0.39 is 0 Å². The molecule has 17 heavy (non-hydrogen) atoms. The molecule has 0 saturated carbocycles. The second kappa shape index (κ2) is 8.18. The Labute approximate surface area is 108 Å². The Hall–Kier alpha value is -0.960. The monoisotopic (exact) mass is 251 g/mol. The van der Waals surface area contributed by atoms with Crippen molar-refractivity contribution in [3.8, 4) is 0 Å². The average molecular weight is 251 g/mol. The van der Waals surface area contributed by atoms with E-state index in [9.17, 15) is 4.79 Å². The van der Waals surface area contributed by atoms with Gasteiger partial charge < -0.3 is 4.90 Å². The Morgan fingerprint density at radius 1 is 1.29 bits per heavy atom. The Kier molecular flexibility index (Phi) is 6.78. The Morgan fingerprint density at radius 3 is 2.65 bits per heavy atom. The molecule has 0 saturated heterocycles. The summed E-state index contributed by atoms with van der Waals surface area (Å²) in [5.74, 6) is 1.11. The van der Waals surface area contributed by atoms with Crippen molar-refractivity contribution < 1.29 is 4.79 Å². The van der Waals surface area contributed by atoms with Crippen molar-refractivity contribution in [1.29, 1.82) is 0 Å². The Bertz CT molecular complexity index is 326. The summed E-state index contributed by atoms with van der Waals surface area (Å²) < 4.78 is 0. The van der Waals surface area contributed by atoms with E-state index in [1.54, 1.807) is 11.8 Å². The van der Waals surface area contributed by atoms with Gasteiger partial charge in [-0.05, 0) is 18.6 Å². The summed E-state index contributed by atoms with van der Waals surface area (Å²) in [6, 6.07) is 10.2. The highest BCUT2D eigenvalue weighted by molar-refractivity contribution is 7.99. The van der Waals surface area contributed by atoms with E-state index in [4.69, 9.17) is 0 Å². The summed E-state index contributed by atoms with van der Waals surface area (Å²) in [6.07, 6.45) is 2.85. The zero-order valence-electron chi connectivity index (χ0n) is 10.7. The zero-order chi connectivity index (χ0) is 12.5. The van der Waals surface area contributed by atoms with E-state index in [2.05, 4.69) is 19.1 Å². The number of hydrogen-bond donors (Lipinski definition) is 0. The number of benzene rings is 1. The molecule has 0 heterocycles. The predicted octanol–water partition coefficient (Wildman–Crippen LogP) is 3.43. The third-order valence-corrected chi connectivity index (χ3v) is 3.61. The summed E-state index contributed by atoms with van der Waals surface area (Å²) in [4.78, 5) is 14.8. The largest absolute Gasteiger partial charge is 0.346 e. The molecule has 3 heteroatoms. The second-order valence-electron chi connectivity index (χ2n) is 4.08. The third kappa shape index (κ3) is 5.78. The minimum absolute atomic E-state index is 0.252. The van der Waals surface area contributed by atoms with Crippen molar-refractivity contribution >= 4 is 17.7 Å². The quantitative estimate of drug-likeness (QED) is 0.692. The van der Waals surface area contributed by atoms with Crippen LogP contribution in [-0.4, -0.2) is 30.2 Å². The number of carbonyl (C=O) groups is 1. The van der Waals surface area contributed by atoms with Gasteiger partial charge >= 0.3 is 0 Å². The van der Waals surface area contributed by atoms with Gasteiger partial charge in [0.05, 0.1) is 0 Å². The highest BCUT2D eigenvalue weighted by Gasteiger charge is 2.07.